The molecule has 5 nitrogen and oxygen atoms in total. The molecule has 0 unspecified atom stereocenters. The van der Waals surface area contributed by atoms with Gasteiger partial charge in [-0.15, -0.1) is 11.3 Å². The summed E-state index contributed by atoms with van der Waals surface area (Å²) in [5.41, 5.74) is 6.75. The highest BCUT2D eigenvalue weighted by molar-refractivity contribution is 7.20. The summed E-state index contributed by atoms with van der Waals surface area (Å²) in [6.07, 6.45) is 6.16. The average Bonchev–Trinajstić information content (AvgIpc) is 3.07. The van der Waals surface area contributed by atoms with Crippen LogP contribution in [0.25, 0.3) is 10.1 Å². The predicted octanol–water partition coefficient (Wildman–Crippen LogP) is 3.37. The summed E-state index contributed by atoms with van der Waals surface area (Å²) >= 11 is 1.57. The average molecular weight is 352 g/mol. The van der Waals surface area contributed by atoms with Crippen molar-refractivity contribution in [2.75, 3.05) is 18.8 Å². The number of piperidine rings is 1. The Morgan fingerprint density at radius 3 is 2.96 bits per heavy atom. The van der Waals surface area contributed by atoms with Gasteiger partial charge in [0.15, 0.2) is 0 Å². The van der Waals surface area contributed by atoms with Crippen molar-refractivity contribution in [1.82, 2.24) is 14.9 Å². The molecule has 4 rings (SSSR count). The molecule has 1 atom stereocenters. The standard InChI is InChI=1S/C19H20N4OS/c20-18-15(21-7-8-22-18)10-13-4-3-9-23(12-13)19(24)17-11-14-5-1-2-6-16(14)25-17/h1-2,5-8,11,13H,3-4,9-10,12H2,(H2,20,22)/t13-/m1/s1. The first-order chi connectivity index (χ1) is 12.2. The maximum atomic E-state index is 12.9. The van der Waals surface area contributed by atoms with Gasteiger partial charge in [-0.2, -0.15) is 0 Å². The van der Waals surface area contributed by atoms with E-state index >= 15 is 0 Å². The lowest BCUT2D eigenvalue weighted by Crippen LogP contribution is -2.40. The molecule has 0 radical (unpaired) electrons. The van der Waals surface area contributed by atoms with Crippen LogP contribution in [0.4, 0.5) is 5.82 Å². The van der Waals surface area contributed by atoms with E-state index in [2.05, 4.69) is 22.1 Å². The molecule has 0 saturated carbocycles. The maximum Gasteiger partial charge on any atom is 0.263 e. The zero-order chi connectivity index (χ0) is 17.2. The van der Waals surface area contributed by atoms with Crippen LogP contribution in [0.3, 0.4) is 0 Å². The van der Waals surface area contributed by atoms with E-state index in [0.29, 0.717) is 11.7 Å². The summed E-state index contributed by atoms with van der Waals surface area (Å²) in [6.45, 7) is 1.57. The number of fused-ring (bicyclic) bond motifs is 1. The number of anilines is 1. The lowest BCUT2D eigenvalue weighted by Gasteiger charge is -2.32. The lowest BCUT2D eigenvalue weighted by molar-refractivity contribution is 0.0678. The number of amides is 1. The Bertz CT molecular complexity index is 874. The highest BCUT2D eigenvalue weighted by Crippen LogP contribution is 2.28. The number of carbonyl (C=O) groups is 1. The van der Waals surface area contributed by atoms with Gasteiger partial charge in [-0.25, -0.2) is 4.98 Å². The van der Waals surface area contributed by atoms with Gasteiger partial charge in [0.25, 0.3) is 5.91 Å². The van der Waals surface area contributed by atoms with E-state index in [1.54, 1.807) is 23.7 Å². The van der Waals surface area contributed by atoms with E-state index in [4.69, 9.17) is 5.73 Å². The molecule has 3 aromatic rings. The van der Waals surface area contributed by atoms with Gasteiger partial charge in [0, 0.05) is 30.2 Å². The zero-order valence-electron chi connectivity index (χ0n) is 13.9. The third-order valence-corrected chi connectivity index (χ3v) is 5.83. The summed E-state index contributed by atoms with van der Waals surface area (Å²) in [7, 11) is 0. The van der Waals surface area contributed by atoms with Gasteiger partial charge < -0.3 is 10.6 Å². The molecule has 1 aromatic carbocycles. The van der Waals surface area contributed by atoms with Crippen LogP contribution < -0.4 is 5.73 Å². The molecule has 2 N–H and O–H groups in total. The SMILES string of the molecule is Nc1nccnc1C[C@H]1CCCN(C(=O)c2cc3ccccc3s2)C1. The Labute approximate surface area is 150 Å². The first kappa shape index (κ1) is 16.0. The Hall–Kier alpha value is -2.47. The van der Waals surface area contributed by atoms with Crippen LogP contribution in [0.1, 0.15) is 28.2 Å². The number of aromatic nitrogens is 2. The van der Waals surface area contributed by atoms with Crippen molar-refractivity contribution in [2.45, 2.75) is 19.3 Å². The summed E-state index contributed by atoms with van der Waals surface area (Å²) < 4.78 is 1.16. The number of carbonyl (C=O) groups excluding carboxylic acids is 1. The van der Waals surface area contributed by atoms with Gasteiger partial charge in [0.05, 0.1) is 10.6 Å². The lowest BCUT2D eigenvalue weighted by atomic mass is 9.93. The van der Waals surface area contributed by atoms with E-state index < -0.39 is 0 Å². The fourth-order valence-corrected chi connectivity index (χ4v) is 4.50. The Kier molecular flexibility index (Phi) is 4.36. The molecule has 3 heterocycles. The summed E-state index contributed by atoms with van der Waals surface area (Å²) in [5.74, 6) is 1.01. The number of nitrogen functional groups attached to an aromatic ring is 1. The molecule has 6 heteroatoms. The number of rotatable bonds is 3. The highest BCUT2D eigenvalue weighted by Gasteiger charge is 2.26. The number of thiophene rings is 1. The minimum Gasteiger partial charge on any atom is -0.382 e. The van der Waals surface area contributed by atoms with Crippen molar-refractivity contribution < 1.29 is 4.79 Å². The van der Waals surface area contributed by atoms with Crippen molar-refractivity contribution in [3.8, 4) is 0 Å². The van der Waals surface area contributed by atoms with Crippen molar-refractivity contribution in [2.24, 2.45) is 5.92 Å². The van der Waals surface area contributed by atoms with Crippen LogP contribution in [0.5, 0.6) is 0 Å². The molecule has 1 aliphatic heterocycles. The summed E-state index contributed by atoms with van der Waals surface area (Å²) in [5, 5.41) is 1.14. The van der Waals surface area contributed by atoms with Gasteiger partial charge in [0.2, 0.25) is 0 Å². The van der Waals surface area contributed by atoms with E-state index in [0.717, 1.165) is 53.0 Å². The maximum absolute atomic E-state index is 12.9. The van der Waals surface area contributed by atoms with Crippen LogP contribution in [0.2, 0.25) is 0 Å². The third kappa shape index (κ3) is 3.35. The first-order valence-corrected chi connectivity index (χ1v) is 9.35. The van der Waals surface area contributed by atoms with Gasteiger partial charge in [0.1, 0.15) is 5.82 Å². The highest BCUT2D eigenvalue weighted by atomic mass is 32.1. The van der Waals surface area contributed by atoms with Gasteiger partial charge in [-0.3, -0.25) is 9.78 Å². The van der Waals surface area contributed by atoms with E-state index in [1.807, 2.05) is 23.1 Å². The largest absolute Gasteiger partial charge is 0.382 e. The molecule has 0 spiro atoms. The Balaban J connectivity index is 1.48. The van der Waals surface area contributed by atoms with E-state index in [-0.39, 0.29) is 5.91 Å². The van der Waals surface area contributed by atoms with Crippen LogP contribution >= 0.6 is 11.3 Å². The van der Waals surface area contributed by atoms with E-state index in [9.17, 15) is 4.79 Å². The summed E-state index contributed by atoms with van der Waals surface area (Å²) in [6, 6.07) is 10.1. The topological polar surface area (TPSA) is 72.1 Å². The van der Waals surface area contributed by atoms with Crippen LogP contribution in [0, 0.1) is 5.92 Å². The van der Waals surface area contributed by atoms with Crippen LogP contribution in [-0.4, -0.2) is 33.9 Å². The number of nitrogens with two attached hydrogens (primary N) is 1. The molecule has 128 valence electrons. The van der Waals surface area contributed by atoms with Crippen molar-refractivity contribution >= 4 is 33.1 Å². The molecule has 0 aliphatic carbocycles. The van der Waals surface area contributed by atoms with E-state index in [1.165, 1.54) is 0 Å². The number of hydrogen-bond acceptors (Lipinski definition) is 5. The second kappa shape index (κ2) is 6.80. The second-order valence-corrected chi connectivity index (χ2v) is 7.58. The molecule has 0 bridgehead atoms. The van der Waals surface area contributed by atoms with Crippen molar-refractivity contribution in [3.63, 3.8) is 0 Å². The molecular formula is C19H20N4OS. The number of nitrogens with zero attached hydrogens (tertiary/aromatic N) is 3. The van der Waals surface area contributed by atoms with Crippen LogP contribution in [0.15, 0.2) is 42.7 Å². The number of benzene rings is 1. The van der Waals surface area contributed by atoms with Crippen molar-refractivity contribution in [1.29, 1.82) is 0 Å². The number of likely N-dealkylation sites (tertiary alicyclic amines) is 1. The fourth-order valence-electron chi connectivity index (χ4n) is 3.47. The molecule has 2 aromatic heterocycles. The Morgan fingerprint density at radius 1 is 1.28 bits per heavy atom. The van der Waals surface area contributed by atoms with Gasteiger partial charge >= 0.3 is 0 Å². The van der Waals surface area contributed by atoms with Crippen molar-refractivity contribution in [3.05, 3.63) is 53.3 Å². The van der Waals surface area contributed by atoms with Gasteiger partial charge in [-0.1, -0.05) is 18.2 Å². The number of hydrogen-bond donors (Lipinski definition) is 1. The summed E-state index contributed by atoms with van der Waals surface area (Å²) in [4.78, 5) is 24.2. The minimum atomic E-state index is 0.137. The van der Waals surface area contributed by atoms with Crippen LogP contribution in [-0.2, 0) is 6.42 Å². The monoisotopic (exact) mass is 352 g/mol. The Morgan fingerprint density at radius 2 is 2.12 bits per heavy atom. The molecule has 1 aliphatic rings. The molecule has 1 saturated heterocycles. The van der Waals surface area contributed by atoms with Gasteiger partial charge in [-0.05, 0) is 42.7 Å². The molecular weight excluding hydrogens is 332 g/mol. The quantitative estimate of drug-likeness (QED) is 0.784. The first-order valence-electron chi connectivity index (χ1n) is 8.54. The minimum absolute atomic E-state index is 0.137. The normalized spacial score (nSPS) is 17.8. The molecule has 1 fully saturated rings. The smallest absolute Gasteiger partial charge is 0.263 e. The third-order valence-electron chi connectivity index (χ3n) is 4.73. The molecule has 25 heavy (non-hydrogen) atoms. The second-order valence-electron chi connectivity index (χ2n) is 6.50. The zero-order valence-corrected chi connectivity index (χ0v) is 14.7. The fraction of sp³-hybridized carbons (Fsp3) is 0.316. The molecule has 1 amide bonds. The predicted molar refractivity (Wildman–Crippen MR) is 101 cm³/mol.